The molecule has 21 heavy (non-hydrogen) atoms. The number of likely N-dealkylation sites (tertiary alicyclic amines) is 1. The molecule has 5 nitrogen and oxygen atoms in total. The maximum absolute atomic E-state index is 12.1. The molecule has 2 rings (SSSR count). The number of amides is 2. The first-order valence-electron chi connectivity index (χ1n) is 7.77. The number of fused-ring (bicyclic) bond motifs is 1. The molecular weight excluding hydrogens is 290 g/mol. The average molecular weight is 318 g/mol. The Morgan fingerprint density at radius 1 is 1.29 bits per heavy atom. The number of halogens is 1. The van der Waals surface area contributed by atoms with Crippen LogP contribution >= 0.6 is 12.4 Å². The molecule has 1 heterocycles. The summed E-state index contributed by atoms with van der Waals surface area (Å²) in [6, 6.07) is 0.249. The summed E-state index contributed by atoms with van der Waals surface area (Å²) in [6.07, 6.45) is 3.59. The van der Waals surface area contributed by atoms with Gasteiger partial charge in [0, 0.05) is 25.6 Å². The molecule has 1 saturated carbocycles. The SMILES string of the molecule is CC(C)CCC(=O)NCC(=O)N1CC2CCC(N)C2C1.Cl. The summed E-state index contributed by atoms with van der Waals surface area (Å²) in [7, 11) is 0. The summed E-state index contributed by atoms with van der Waals surface area (Å²) in [4.78, 5) is 25.6. The highest BCUT2D eigenvalue weighted by atomic mass is 35.5. The summed E-state index contributed by atoms with van der Waals surface area (Å²) in [5.74, 6) is 1.56. The second-order valence-corrected chi connectivity index (χ2v) is 6.67. The van der Waals surface area contributed by atoms with E-state index in [1.54, 1.807) is 0 Å². The van der Waals surface area contributed by atoms with E-state index in [4.69, 9.17) is 5.73 Å². The third-order valence-electron chi connectivity index (χ3n) is 4.65. The number of carbonyl (C=O) groups is 2. The zero-order valence-electron chi connectivity index (χ0n) is 13.0. The van der Waals surface area contributed by atoms with Gasteiger partial charge in [0.2, 0.25) is 11.8 Å². The van der Waals surface area contributed by atoms with Gasteiger partial charge in [0.1, 0.15) is 0 Å². The van der Waals surface area contributed by atoms with E-state index in [1.807, 2.05) is 4.90 Å². The summed E-state index contributed by atoms with van der Waals surface area (Å²) >= 11 is 0. The maximum atomic E-state index is 12.1. The quantitative estimate of drug-likeness (QED) is 0.799. The van der Waals surface area contributed by atoms with Crippen LogP contribution in [0.15, 0.2) is 0 Å². The summed E-state index contributed by atoms with van der Waals surface area (Å²) in [5, 5.41) is 2.73. The normalized spacial score (nSPS) is 27.4. The monoisotopic (exact) mass is 317 g/mol. The number of hydrogen-bond donors (Lipinski definition) is 2. The number of rotatable bonds is 5. The lowest BCUT2D eigenvalue weighted by Gasteiger charge is -2.19. The van der Waals surface area contributed by atoms with Gasteiger partial charge in [-0.15, -0.1) is 12.4 Å². The Hall–Kier alpha value is -0.810. The lowest BCUT2D eigenvalue weighted by molar-refractivity contribution is -0.132. The largest absolute Gasteiger partial charge is 0.347 e. The molecule has 3 unspecified atom stereocenters. The van der Waals surface area contributed by atoms with Crippen LogP contribution in [0.2, 0.25) is 0 Å². The molecule has 2 amide bonds. The molecule has 122 valence electrons. The number of nitrogens with one attached hydrogen (secondary N) is 1. The van der Waals surface area contributed by atoms with Gasteiger partial charge in [-0.3, -0.25) is 9.59 Å². The molecule has 3 atom stereocenters. The second-order valence-electron chi connectivity index (χ2n) is 6.67. The maximum Gasteiger partial charge on any atom is 0.241 e. The highest BCUT2D eigenvalue weighted by molar-refractivity contribution is 5.85. The average Bonchev–Trinajstić information content (AvgIpc) is 2.96. The minimum Gasteiger partial charge on any atom is -0.347 e. The van der Waals surface area contributed by atoms with E-state index in [2.05, 4.69) is 19.2 Å². The third-order valence-corrected chi connectivity index (χ3v) is 4.65. The minimum atomic E-state index is -0.0249. The first-order chi connectivity index (χ1) is 9.47. The number of nitrogens with zero attached hydrogens (tertiary/aromatic N) is 1. The Labute approximate surface area is 133 Å². The van der Waals surface area contributed by atoms with Crippen LogP contribution in [-0.4, -0.2) is 42.4 Å². The molecule has 1 saturated heterocycles. The van der Waals surface area contributed by atoms with Gasteiger partial charge in [0.05, 0.1) is 6.54 Å². The highest BCUT2D eigenvalue weighted by Crippen LogP contribution is 2.36. The predicted octanol–water partition coefficient (Wildman–Crippen LogP) is 1.16. The molecule has 2 fully saturated rings. The van der Waals surface area contributed by atoms with E-state index in [1.165, 1.54) is 0 Å². The molecule has 0 aromatic heterocycles. The van der Waals surface area contributed by atoms with Crippen LogP contribution in [0.1, 0.15) is 39.5 Å². The predicted molar refractivity (Wildman–Crippen MR) is 85.1 cm³/mol. The van der Waals surface area contributed by atoms with E-state index in [0.29, 0.717) is 24.2 Å². The molecule has 0 aromatic rings. The molecule has 6 heteroatoms. The zero-order valence-corrected chi connectivity index (χ0v) is 13.8. The summed E-state index contributed by atoms with van der Waals surface area (Å²) in [6.45, 7) is 5.90. The van der Waals surface area contributed by atoms with Crippen molar-refractivity contribution < 1.29 is 9.59 Å². The van der Waals surface area contributed by atoms with E-state index >= 15 is 0 Å². The minimum absolute atomic E-state index is 0. The standard InChI is InChI=1S/C15H27N3O2.ClH/c1-10(2)3-6-14(19)17-7-15(20)18-8-11-4-5-13(16)12(11)9-18;/h10-13H,3-9,16H2,1-2H3,(H,17,19);1H. The smallest absolute Gasteiger partial charge is 0.241 e. The van der Waals surface area contributed by atoms with Gasteiger partial charge in [-0.05, 0) is 37.0 Å². The van der Waals surface area contributed by atoms with Crippen molar-refractivity contribution in [3.8, 4) is 0 Å². The fourth-order valence-electron chi connectivity index (χ4n) is 3.31. The van der Waals surface area contributed by atoms with Gasteiger partial charge in [-0.2, -0.15) is 0 Å². The van der Waals surface area contributed by atoms with Gasteiger partial charge < -0.3 is 16.0 Å². The Bertz CT molecular complexity index is 376. The molecule has 3 N–H and O–H groups in total. The van der Waals surface area contributed by atoms with Crippen molar-refractivity contribution in [3.05, 3.63) is 0 Å². The van der Waals surface area contributed by atoms with Crippen molar-refractivity contribution in [2.24, 2.45) is 23.5 Å². The Kier molecular flexibility index (Phi) is 6.94. The molecule has 2 aliphatic rings. The van der Waals surface area contributed by atoms with Crippen molar-refractivity contribution in [1.29, 1.82) is 0 Å². The van der Waals surface area contributed by atoms with Gasteiger partial charge in [0.25, 0.3) is 0 Å². The Morgan fingerprint density at radius 2 is 2.00 bits per heavy atom. The van der Waals surface area contributed by atoms with Crippen LogP contribution in [0.3, 0.4) is 0 Å². The van der Waals surface area contributed by atoms with E-state index in [0.717, 1.165) is 32.4 Å². The first-order valence-corrected chi connectivity index (χ1v) is 7.77. The molecule has 0 bridgehead atoms. The second kappa shape index (κ2) is 7.99. The van der Waals surface area contributed by atoms with Crippen LogP contribution < -0.4 is 11.1 Å². The van der Waals surface area contributed by atoms with Crippen molar-refractivity contribution in [3.63, 3.8) is 0 Å². The fourth-order valence-corrected chi connectivity index (χ4v) is 3.31. The van der Waals surface area contributed by atoms with Crippen molar-refractivity contribution in [2.75, 3.05) is 19.6 Å². The number of hydrogen-bond acceptors (Lipinski definition) is 3. The third kappa shape index (κ3) is 4.85. The van der Waals surface area contributed by atoms with Crippen LogP contribution in [-0.2, 0) is 9.59 Å². The van der Waals surface area contributed by atoms with Crippen LogP contribution in [0.4, 0.5) is 0 Å². The fraction of sp³-hybridized carbons (Fsp3) is 0.867. The highest BCUT2D eigenvalue weighted by Gasteiger charge is 2.42. The Morgan fingerprint density at radius 3 is 2.62 bits per heavy atom. The van der Waals surface area contributed by atoms with Crippen molar-refractivity contribution in [2.45, 2.75) is 45.6 Å². The summed E-state index contributed by atoms with van der Waals surface area (Å²) < 4.78 is 0. The Balaban J connectivity index is 0.00000220. The van der Waals surface area contributed by atoms with E-state index in [9.17, 15) is 9.59 Å². The van der Waals surface area contributed by atoms with Crippen LogP contribution in [0.25, 0.3) is 0 Å². The van der Waals surface area contributed by atoms with Gasteiger partial charge in [-0.1, -0.05) is 13.8 Å². The zero-order chi connectivity index (χ0) is 14.7. The molecule has 1 aliphatic carbocycles. The number of carbonyl (C=O) groups excluding carboxylic acids is 2. The van der Waals surface area contributed by atoms with Crippen molar-refractivity contribution >= 4 is 24.2 Å². The first kappa shape index (κ1) is 18.2. The van der Waals surface area contributed by atoms with E-state index in [-0.39, 0.29) is 36.8 Å². The van der Waals surface area contributed by atoms with Gasteiger partial charge in [0.15, 0.2) is 0 Å². The van der Waals surface area contributed by atoms with Gasteiger partial charge >= 0.3 is 0 Å². The molecule has 0 aromatic carbocycles. The molecular formula is C15H28ClN3O2. The lowest BCUT2D eigenvalue weighted by Crippen LogP contribution is -2.40. The lowest BCUT2D eigenvalue weighted by atomic mass is 9.98. The van der Waals surface area contributed by atoms with E-state index < -0.39 is 0 Å². The van der Waals surface area contributed by atoms with Crippen LogP contribution in [0.5, 0.6) is 0 Å². The number of nitrogens with two attached hydrogens (primary N) is 1. The van der Waals surface area contributed by atoms with Gasteiger partial charge in [-0.25, -0.2) is 0 Å². The molecule has 0 spiro atoms. The van der Waals surface area contributed by atoms with Crippen LogP contribution in [0, 0.1) is 17.8 Å². The molecule has 0 radical (unpaired) electrons. The summed E-state index contributed by atoms with van der Waals surface area (Å²) in [5.41, 5.74) is 6.06. The van der Waals surface area contributed by atoms with Crippen molar-refractivity contribution in [1.82, 2.24) is 10.2 Å². The topological polar surface area (TPSA) is 75.4 Å². The molecule has 1 aliphatic heterocycles.